The van der Waals surface area contributed by atoms with Gasteiger partial charge in [-0.3, -0.25) is 9.69 Å². The molecule has 0 spiro atoms. The molecule has 1 aromatic rings. The van der Waals surface area contributed by atoms with E-state index in [0.29, 0.717) is 29.6 Å². The van der Waals surface area contributed by atoms with Gasteiger partial charge in [-0.05, 0) is 50.5 Å². The Kier molecular flexibility index (Phi) is 7.92. The maximum absolute atomic E-state index is 12.5. The highest BCUT2D eigenvalue weighted by molar-refractivity contribution is 7.91. The molecule has 1 aromatic carbocycles. The minimum absolute atomic E-state index is 0.0448. The molecule has 2 rings (SSSR count). The minimum Gasteiger partial charge on any atom is -0.356 e. The molecule has 0 bridgehead atoms. The van der Waals surface area contributed by atoms with Gasteiger partial charge in [-0.2, -0.15) is 0 Å². The number of carbonyl (C=O) groups is 1. The van der Waals surface area contributed by atoms with Crippen molar-refractivity contribution in [3.05, 3.63) is 29.3 Å². The Morgan fingerprint density at radius 1 is 1.27 bits per heavy atom. The molecule has 1 N–H and O–H groups in total. The molecule has 7 heteroatoms. The van der Waals surface area contributed by atoms with Crippen LogP contribution < -0.4 is 5.32 Å². The van der Waals surface area contributed by atoms with Crippen molar-refractivity contribution in [3.8, 4) is 0 Å². The number of amides is 1. The van der Waals surface area contributed by atoms with E-state index in [1.54, 1.807) is 24.3 Å². The van der Waals surface area contributed by atoms with E-state index < -0.39 is 9.84 Å². The second-order valence-electron chi connectivity index (χ2n) is 7.04. The number of benzene rings is 1. The SMILES string of the molecule is CCCCNC(=O)C1CCC(C)N(CCS(=O)(=O)c2ccc(Cl)cc2)C1. The van der Waals surface area contributed by atoms with E-state index in [1.165, 1.54) is 0 Å². The predicted molar refractivity (Wildman–Crippen MR) is 105 cm³/mol. The number of rotatable bonds is 8. The van der Waals surface area contributed by atoms with Crippen LogP contribution in [0.25, 0.3) is 0 Å². The molecule has 0 radical (unpaired) electrons. The van der Waals surface area contributed by atoms with Crippen molar-refractivity contribution in [2.75, 3.05) is 25.4 Å². The number of sulfone groups is 1. The van der Waals surface area contributed by atoms with Crippen LogP contribution in [0.1, 0.15) is 39.5 Å². The number of nitrogens with zero attached hydrogens (tertiary/aromatic N) is 1. The summed E-state index contributed by atoms with van der Waals surface area (Å²) in [6.45, 7) is 5.96. The highest BCUT2D eigenvalue weighted by Gasteiger charge is 2.30. The molecule has 0 aliphatic carbocycles. The summed E-state index contributed by atoms with van der Waals surface area (Å²) in [4.78, 5) is 14.7. The van der Waals surface area contributed by atoms with Gasteiger partial charge in [0.05, 0.1) is 16.6 Å². The largest absolute Gasteiger partial charge is 0.356 e. The molecule has 146 valence electrons. The van der Waals surface area contributed by atoms with Crippen LogP contribution in [0.5, 0.6) is 0 Å². The smallest absolute Gasteiger partial charge is 0.224 e. The molecule has 0 aromatic heterocycles. The van der Waals surface area contributed by atoms with Crippen LogP contribution in [0.3, 0.4) is 0 Å². The zero-order chi connectivity index (χ0) is 19.2. The molecule has 1 saturated heterocycles. The summed E-state index contributed by atoms with van der Waals surface area (Å²) in [6.07, 6.45) is 3.81. The molecule has 0 saturated carbocycles. The molecule has 1 aliphatic rings. The average molecular weight is 401 g/mol. The average Bonchev–Trinajstić information content (AvgIpc) is 2.61. The Morgan fingerprint density at radius 3 is 2.62 bits per heavy atom. The summed E-state index contributed by atoms with van der Waals surface area (Å²) in [5, 5.41) is 3.51. The van der Waals surface area contributed by atoms with Gasteiger partial charge in [-0.15, -0.1) is 0 Å². The third-order valence-corrected chi connectivity index (χ3v) is 6.99. The van der Waals surface area contributed by atoms with Gasteiger partial charge in [0.1, 0.15) is 0 Å². The zero-order valence-corrected chi connectivity index (χ0v) is 17.2. The highest BCUT2D eigenvalue weighted by Crippen LogP contribution is 2.23. The third kappa shape index (κ3) is 5.96. The number of likely N-dealkylation sites (tertiary alicyclic amines) is 1. The van der Waals surface area contributed by atoms with Crippen LogP contribution in [-0.2, 0) is 14.6 Å². The van der Waals surface area contributed by atoms with E-state index in [-0.39, 0.29) is 23.6 Å². The first-order valence-electron chi connectivity index (χ1n) is 9.33. The summed E-state index contributed by atoms with van der Waals surface area (Å²) in [6, 6.07) is 6.56. The summed E-state index contributed by atoms with van der Waals surface area (Å²) >= 11 is 5.83. The fraction of sp³-hybridized carbons (Fsp3) is 0.632. The van der Waals surface area contributed by atoms with E-state index in [2.05, 4.69) is 24.1 Å². The molecule has 2 atom stereocenters. The minimum atomic E-state index is -3.36. The van der Waals surface area contributed by atoms with Crippen molar-refractivity contribution in [1.29, 1.82) is 0 Å². The van der Waals surface area contributed by atoms with E-state index in [1.807, 2.05) is 0 Å². The fourth-order valence-electron chi connectivity index (χ4n) is 3.23. The van der Waals surface area contributed by atoms with Gasteiger partial charge in [0.2, 0.25) is 5.91 Å². The van der Waals surface area contributed by atoms with Gasteiger partial charge in [0.15, 0.2) is 9.84 Å². The lowest BCUT2D eigenvalue weighted by Gasteiger charge is -2.37. The van der Waals surface area contributed by atoms with Gasteiger partial charge in [0, 0.05) is 30.7 Å². The van der Waals surface area contributed by atoms with E-state index in [0.717, 1.165) is 25.7 Å². The molecule has 1 amide bonds. The van der Waals surface area contributed by atoms with Gasteiger partial charge >= 0.3 is 0 Å². The lowest BCUT2D eigenvalue weighted by molar-refractivity contribution is -0.127. The predicted octanol–water partition coefficient (Wildman–Crippen LogP) is 3.13. The summed E-state index contributed by atoms with van der Waals surface area (Å²) in [7, 11) is -3.36. The third-order valence-electron chi connectivity index (χ3n) is 5.03. The Hall–Kier alpha value is -1.11. The van der Waals surface area contributed by atoms with Gasteiger partial charge < -0.3 is 5.32 Å². The second kappa shape index (κ2) is 9.72. The molecule has 1 aliphatic heterocycles. The number of halogens is 1. The lowest BCUT2D eigenvalue weighted by atomic mass is 9.93. The molecule has 2 unspecified atom stereocenters. The van der Waals surface area contributed by atoms with Crippen LogP contribution in [-0.4, -0.2) is 50.7 Å². The number of nitrogens with one attached hydrogen (secondary N) is 1. The van der Waals surface area contributed by atoms with Crippen molar-refractivity contribution in [1.82, 2.24) is 10.2 Å². The Balaban J connectivity index is 1.92. The molecular formula is C19H29ClN2O3S. The van der Waals surface area contributed by atoms with Crippen molar-refractivity contribution >= 4 is 27.3 Å². The summed E-state index contributed by atoms with van der Waals surface area (Å²) in [5.41, 5.74) is 0. The van der Waals surface area contributed by atoms with E-state index in [4.69, 9.17) is 11.6 Å². The van der Waals surface area contributed by atoms with Crippen LogP contribution in [0, 0.1) is 5.92 Å². The van der Waals surface area contributed by atoms with Crippen LogP contribution in [0.2, 0.25) is 5.02 Å². The molecule has 1 heterocycles. The maximum Gasteiger partial charge on any atom is 0.224 e. The number of hydrogen-bond donors (Lipinski definition) is 1. The Bertz CT molecular complexity index is 691. The first kappa shape index (κ1) is 21.2. The molecule has 1 fully saturated rings. The number of piperidine rings is 1. The quantitative estimate of drug-likeness (QED) is 0.681. The van der Waals surface area contributed by atoms with Gasteiger partial charge in [-0.25, -0.2) is 8.42 Å². The molecule has 5 nitrogen and oxygen atoms in total. The van der Waals surface area contributed by atoms with Gasteiger partial charge in [0.25, 0.3) is 0 Å². The van der Waals surface area contributed by atoms with Crippen LogP contribution >= 0.6 is 11.6 Å². The van der Waals surface area contributed by atoms with Crippen molar-refractivity contribution in [2.45, 2.75) is 50.5 Å². The maximum atomic E-state index is 12.5. The van der Waals surface area contributed by atoms with Crippen molar-refractivity contribution in [3.63, 3.8) is 0 Å². The van der Waals surface area contributed by atoms with E-state index >= 15 is 0 Å². The fourth-order valence-corrected chi connectivity index (χ4v) is 4.62. The first-order valence-corrected chi connectivity index (χ1v) is 11.4. The Morgan fingerprint density at radius 2 is 1.96 bits per heavy atom. The zero-order valence-electron chi connectivity index (χ0n) is 15.6. The monoisotopic (exact) mass is 400 g/mol. The van der Waals surface area contributed by atoms with Crippen molar-refractivity contribution < 1.29 is 13.2 Å². The highest BCUT2D eigenvalue weighted by atomic mass is 35.5. The summed E-state index contributed by atoms with van der Waals surface area (Å²) in [5.74, 6) is 0.0839. The van der Waals surface area contributed by atoms with Gasteiger partial charge in [-0.1, -0.05) is 24.9 Å². The van der Waals surface area contributed by atoms with Crippen LogP contribution in [0.4, 0.5) is 0 Å². The number of hydrogen-bond acceptors (Lipinski definition) is 4. The van der Waals surface area contributed by atoms with E-state index in [9.17, 15) is 13.2 Å². The number of unbranched alkanes of at least 4 members (excludes halogenated alkanes) is 1. The van der Waals surface area contributed by atoms with Crippen LogP contribution in [0.15, 0.2) is 29.2 Å². The standard InChI is InChI=1S/C19H29ClN2O3S/c1-3-4-11-21-19(23)16-6-5-15(2)22(14-16)12-13-26(24,25)18-9-7-17(20)8-10-18/h7-10,15-16H,3-6,11-14H2,1-2H3,(H,21,23). The second-order valence-corrected chi connectivity index (χ2v) is 9.58. The molecule has 26 heavy (non-hydrogen) atoms. The first-order chi connectivity index (χ1) is 12.3. The Labute approximate surface area is 162 Å². The molecular weight excluding hydrogens is 372 g/mol. The van der Waals surface area contributed by atoms with Crippen molar-refractivity contribution in [2.24, 2.45) is 5.92 Å². The topological polar surface area (TPSA) is 66.5 Å². The normalized spacial score (nSPS) is 21.5. The lowest BCUT2D eigenvalue weighted by Crippen LogP contribution is -2.48. The number of carbonyl (C=O) groups excluding carboxylic acids is 1. The summed E-state index contributed by atoms with van der Waals surface area (Å²) < 4.78 is 25.1.